The summed E-state index contributed by atoms with van der Waals surface area (Å²) in [6.45, 7) is 5.29. The third kappa shape index (κ3) is 4.82. The van der Waals surface area contributed by atoms with Crippen LogP contribution in [0.2, 0.25) is 0 Å². The van der Waals surface area contributed by atoms with Crippen LogP contribution in [0.15, 0.2) is 52.7 Å². The maximum Gasteiger partial charge on any atom is 0.276 e. The van der Waals surface area contributed by atoms with Crippen molar-refractivity contribution in [1.29, 1.82) is 0 Å². The SMILES string of the molecule is CC(C)(C)NS(=O)(=O)c1cccc(NC(=O)c2cc(-c3cccs3)[nH]n2)c1. The van der Waals surface area contributed by atoms with E-state index in [1.54, 1.807) is 39.0 Å². The van der Waals surface area contributed by atoms with Gasteiger partial charge in [-0.2, -0.15) is 5.10 Å². The van der Waals surface area contributed by atoms with Gasteiger partial charge in [0, 0.05) is 11.2 Å². The molecule has 0 aliphatic heterocycles. The Morgan fingerprint density at radius 2 is 1.93 bits per heavy atom. The number of amides is 1. The van der Waals surface area contributed by atoms with Crippen LogP contribution in [0.25, 0.3) is 10.6 Å². The molecule has 3 aromatic rings. The molecule has 2 aromatic heterocycles. The number of sulfonamides is 1. The Balaban J connectivity index is 1.77. The van der Waals surface area contributed by atoms with Crippen LogP contribution in [0.3, 0.4) is 0 Å². The summed E-state index contributed by atoms with van der Waals surface area (Å²) >= 11 is 1.54. The van der Waals surface area contributed by atoms with Crippen LogP contribution in [-0.4, -0.2) is 30.1 Å². The maximum absolute atomic E-state index is 12.5. The first-order valence-electron chi connectivity index (χ1n) is 8.19. The van der Waals surface area contributed by atoms with Gasteiger partial charge in [0.05, 0.1) is 15.5 Å². The highest BCUT2D eigenvalue weighted by Gasteiger charge is 2.22. The van der Waals surface area contributed by atoms with Gasteiger partial charge in [-0.25, -0.2) is 13.1 Å². The summed E-state index contributed by atoms with van der Waals surface area (Å²) in [6, 6.07) is 11.6. The number of carbonyl (C=O) groups is 1. The normalized spacial score (nSPS) is 12.1. The Morgan fingerprint density at radius 3 is 2.59 bits per heavy atom. The highest BCUT2D eigenvalue weighted by molar-refractivity contribution is 7.89. The number of aromatic nitrogens is 2. The van der Waals surface area contributed by atoms with Crippen molar-refractivity contribution < 1.29 is 13.2 Å². The van der Waals surface area contributed by atoms with Crippen molar-refractivity contribution in [2.24, 2.45) is 0 Å². The number of nitrogens with one attached hydrogen (secondary N) is 3. The van der Waals surface area contributed by atoms with Crippen LogP contribution in [0, 0.1) is 0 Å². The van der Waals surface area contributed by atoms with Crippen molar-refractivity contribution in [3.63, 3.8) is 0 Å². The Morgan fingerprint density at radius 1 is 1.15 bits per heavy atom. The number of thiophene rings is 1. The molecule has 0 radical (unpaired) electrons. The number of carbonyl (C=O) groups excluding carboxylic acids is 1. The number of benzene rings is 1. The molecule has 3 N–H and O–H groups in total. The van der Waals surface area contributed by atoms with Gasteiger partial charge in [-0.3, -0.25) is 9.89 Å². The molecule has 0 saturated heterocycles. The molecule has 0 atom stereocenters. The molecular formula is C18H20N4O3S2. The number of aromatic amines is 1. The molecule has 2 heterocycles. The van der Waals surface area contributed by atoms with Crippen LogP contribution < -0.4 is 10.0 Å². The summed E-state index contributed by atoms with van der Waals surface area (Å²) in [5.74, 6) is -0.424. The number of H-pyrrole nitrogens is 1. The molecule has 0 aliphatic rings. The van der Waals surface area contributed by atoms with Crippen molar-refractivity contribution in [3.8, 4) is 10.6 Å². The summed E-state index contributed by atoms with van der Waals surface area (Å²) in [6.07, 6.45) is 0. The Kier molecular flexibility index (Phi) is 5.18. The second-order valence-electron chi connectivity index (χ2n) is 6.98. The van der Waals surface area contributed by atoms with Crippen molar-refractivity contribution in [2.45, 2.75) is 31.2 Å². The van der Waals surface area contributed by atoms with E-state index in [4.69, 9.17) is 0 Å². The Labute approximate surface area is 161 Å². The number of hydrogen-bond donors (Lipinski definition) is 3. The van der Waals surface area contributed by atoms with E-state index in [9.17, 15) is 13.2 Å². The predicted octanol–water partition coefficient (Wildman–Crippen LogP) is 3.47. The molecule has 9 heteroatoms. The van der Waals surface area contributed by atoms with Crippen molar-refractivity contribution in [3.05, 3.63) is 53.5 Å². The molecule has 0 spiro atoms. The Bertz CT molecular complexity index is 1050. The zero-order chi connectivity index (χ0) is 19.7. The van der Waals surface area contributed by atoms with Gasteiger partial charge in [0.2, 0.25) is 10.0 Å². The van der Waals surface area contributed by atoms with Crippen LogP contribution in [-0.2, 0) is 10.0 Å². The second kappa shape index (κ2) is 7.26. The van der Waals surface area contributed by atoms with E-state index < -0.39 is 21.5 Å². The minimum atomic E-state index is -3.69. The largest absolute Gasteiger partial charge is 0.321 e. The highest BCUT2D eigenvalue weighted by atomic mass is 32.2. The van der Waals surface area contributed by atoms with Gasteiger partial charge in [0.25, 0.3) is 5.91 Å². The lowest BCUT2D eigenvalue weighted by molar-refractivity contribution is 0.102. The topological polar surface area (TPSA) is 104 Å². The first-order chi connectivity index (χ1) is 12.6. The van der Waals surface area contributed by atoms with E-state index in [1.807, 2.05) is 17.5 Å². The van der Waals surface area contributed by atoms with E-state index in [0.717, 1.165) is 10.6 Å². The Hall–Kier alpha value is -2.49. The monoisotopic (exact) mass is 404 g/mol. The van der Waals surface area contributed by atoms with Gasteiger partial charge >= 0.3 is 0 Å². The molecule has 0 bridgehead atoms. The molecule has 0 aliphatic carbocycles. The predicted molar refractivity (Wildman–Crippen MR) is 106 cm³/mol. The zero-order valence-electron chi connectivity index (χ0n) is 15.1. The van der Waals surface area contributed by atoms with Gasteiger partial charge in [0.1, 0.15) is 0 Å². The molecule has 1 aromatic carbocycles. The van der Waals surface area contributed by atoms with Gasteiger partial charge < -0.3 is 5.32 Å². The third-order valence-electron chi connectivity index (χ3n) is 3.44. The van der Waals surface area contributed by atoms with Gasteiger partial charge in [-0.15, -0.1) is 11.3 Å². The highest BCUT2D eigenvalue weighted by Crippen LogP contribution is 2.23. The lowest BCUT2D eigenvalue weighted by atomic mass is 10.1. The fourth-order valence-electron chi connectivity index (χ4n) is 2.39. The number of anilines is 1. The van der Waals surface area contributed by atoms with Crippen LogP contribution in [0.4, 0.5) is 5.69 Å². The third-order valence-corrected chi connectivity index (χ3v) is 6.10. The van der Waals surface area contributed by atoms with E-state index >= 15 is 0 Å². The summed E-state index contributed by atoms with van der Waals surface area (Å²) in [5, 5.41) is 11.5. The minimum Gasteiger partial charge on any atom is -0.321 e. The van der Waals surface area contributed by atoms with Crippen LogP contribution in [0.1, 0.15) is 31.3 Å². The van der Waals surface area contributed by atoms with E-state index in [-0.39, 0.29) is 10.6 Å². The first-order valence-corrected chi connectivity index (χ1v) is 10.5. The lowest BCUT2D eigenvalue weighted by Gasteiger charge is -2.20. The lowest BCUT2D eigenvalue weighted by Crippen LogP contribution is -2.40. The standard InChI is InChI=1S/C18H20N4O3S2/c1-18(2,3)22-27(24,25)13-7-4-6-12(10-13)19-17(23)15-11-14(20-21-15)16-8-5-9-26-16/h4-11,22H,1-3H3,(H,19,23)(H,20,21). The second-order valence-corrected chi connectivity index (χ2v) is 9.61. The summed E-state index contributed by atoms with van der Waals surface area (Å²) < 4.78 is 27.5. The number of hydrogen-bond acceptors (Lipinski definition) is 5. The molecule has 27 heavy (non-hydrogen) atoms. The van der Waals surface area contributed by atoms with Gasteiger partial charge in [-0.05, 0) is 56.5 Å². The zero-order valence-corrected chi connectivity index (χ0v) is 16.7. The average Bonchev–Trinajstić information content (AvgIpc) is 3.24. The van der Waals surface area contributed by atoms with Gasteiger partial charge in [-0.1, -0.05) is 12.1 Å². The van der Waals surface area contributed by atoms with Gasteiger partial charge in [0.15, 0.2) is 5.69 Å². The molecule has 3 rings (SSSR count). The molecule has 0 fully saturated rings. The number of rotatable bonds is 5. The molecule has 0 saturated carbocycles. The molecule has 1 amide bonds. The summed E-state index contributed by atoms with van der Waals surface area (Å²) in [7, 11) is -3.69. The van der Waals surface area contributed by atoms with E-state index in [0.29, 0.717) is 5.69 Å². The van der Waals surface area contributed by atoms with E-state index in [2.05, 4.69) is 20.2 Å². The number of nitrogens with zero attached hydrogens (tertiary/aromatic N) is 1. The molecule has 7 nitrogen and oxygen atoms in total. The van der Waals surface area contributed by atoms with Crippen LogP contribution >= 0.6 is 11.3 Å². The van der Waals surface area contributed by atoms with Crippen molar-refractivity contribution >= 4 is 33.0 Å². The van der Waals surface area contributed by atoms with E-state index in [1.165, 1.54) is 23.5 Å². The maximum atomic E-state index is 12.5. The first kappa shape index (κ1) is 19.3. The smallest absolute Gasteiger partial charge is 0.276 e. The fraction of sp³-hybridized carbons (Fsp3) is 0.222. The minimum absolute atomic E-state index is 0.0801. The van der Waals surface area contributed by atoms with Crippen molar-refractivity contribution in [1.82, 2.24) is 14.9 Å². The molecule has 0 unspecified atom stereocenters. The average molecular weight is 405 g/mol. The summed E-state index contributed by atoms with van der Waals surface area (Å²) in [4.78, 5) is 13.5. The van der Waals surface area contributed by atoms with Crippen molar-refractivity contribution in [2.75, 3.05) is 5.32 Å². The van der Waals surface area contributed by atoms with Crippen LogP contribution in [0.5, 0.6) is 0 Å². The quantitative estimate of drug-likeness (QED) is 0.606. The molecular weight excluding hydrogens is 384 g/mol. The fourth-order valence-corrected chi connectivity index (χ4v) is 4.55. The summed E-state index contributed by atoms with van der Waals surface area (Å²) in [5.41, 5.74) is 0.739. The molecule has 142 valence electrons.